The first-order valence-corrected chi connectivity index (χ1v) is 11.3. The van der Waals surface area contributed by atoms with E-state index in [9.17, 15) is 4.79 Å². The molecule has 6 nitrogen and oxygen atoms in total. The zero-order valence-corrected chi connectivity index (χ0v) is 20.3. The van der Waals surface area contributed by atoms with Crippen LogP contribution >= 0.6 is 11.6 Å². The van der Waals surface area contributed by atoms with Crippen molar-refractivity contribution in [1.82, 2.24) is 4.90 Å². The van der Waals surface area contributed by atoms with Gasteiger partial charge >= 0.3 is 0 Å². The van der Waals surface area contributed by atoms with Crippen LogP contribution in [-0.4, -0.2) is 44.8 Å². The van der Waals surface area contributed by atoms with E-state index in [1.54, 1.807) is 31.3 Å². The summed E-state index contributed by atoms with van der Waals surface area (Å²) >= 11 is 6.43. The molecule has 0 N–H and O–H groups in total. The van der Waals surface area contributed by atoms with Gasteiger partial charge in [-0.1, -0.05) is 25.1 Å². The maximum atomic E-state index is 13.0. The lowest BCUT2D eigenvalue weighted by Crippen LogP contribution is -2.33. The second-order valence-electron chi connectivity index (χ2n) is 7.50. The van der Waals surface area contributed by atoms with Gasteiger partial charge in [0.05, 0.1) is 32.5 Å². The van der Waals surface area contributed by atoms with Gasteiger partial charge in [0.25, 0.3) is 5.91 Å². The molecule has 0 unspecified atom stereocenters. The number of ether oxygens (including phenoxy) is 4. The Hall–Kier alpha value is -3.12. The van der Waals surface area contributed by atoms with Gasteiger partial charge in [-0.3, -0.25) is 4.79 Å². The summed E-state index contributed by atoms with van der Waals surface area (Å²) in [5.41, 5.74) is 3.32. The van der Waals surface area contributed by atoms with Crippen molar-refractivity contribution in [3.05, 3.63) is 58.6 Å². The van der Waals surface area contributed by atoms with E-state index in [2.05, 4.69) is 6.58 Å². The molecule has 2 aromatic carbocycles. The molecule has 1 aliphatic heterocycles. The molecule has 2 aromatic rings. The molecule has 1 amide bonds. The highest BCUT2D eigenvalue weighted by atomic mass is 35.5. The Morgan fingerprint density at radius 3 is 2.48 bits per heavy atom. The molecule has 7 heteroatoms. The van der Waals surface area contributed by atoms with E-state index in [0.717, 1.165) is 23.1 Å². The van der Waals surface area contributed by atoms with Crippen LogP contribution in [0.25, 0.3) is 11.8 Å². The van der Waals surface area contributed by atoms with Crippen LogP contribution in [-0.2, 0) is 11.2 Å². The van der Waals surface area contributed by atoms with Crippen molar-refractivity contribution in [3.63, 3.8) is 0 Å². The molecule has 176 valence electrons. The second kappa shape index (κ2) is 11.1. The van der Waals surface area contributed by atoms with Crippen LogP contribution in [0.1, 0.15) is 37.0 Å². The molecule has 0 aliphatic carbocycles. The molecule has 0 saturated carbocycles. The number of amides is 1. The van der Waals surface area contributed by atoms with E-state index < -0.39 is 0 Å². The highest BCUT2D eigenvalue weighted by molar-refractivity contribution is 6.32. The predicted molar refractivity (Wildman–Crippen MR) is 131 cm³/mol. The third kappa shape index (κ3) is 5.45. The van der Waals surface area contributed by atoms with E-state index in [1.165, 1.54) is 6.08 Å². The van der Waals surface area contributed by atoms with Crippen LogP contribution in [0.2, 0.25) is 5.02 Å². The van der Waals surface area contributed by atoms with Crippen molar-refractivity contribution in [3.8, 4) is 23.0 Å². The van der Waals surface area contributed by atoms with Gasteiger partial charge < -0.3 is 23.8 Å². The third-order valence-electron chi connectivity index (χ3n) is 5.32. The fraction of sp³-hybridized carbons (Fsp3) is 0.346. The number of hydrogen-bond acceptors (Lipinski definition) is 5. The summed E-state index contributed by atoms with van der Waals surface area (Å²) in [5.74, 6) is 2.18. The summed E-state index contributed by atoms with van der Waals surface area (Å²) in [6, 6.07) is 7.39. The first-order valence-electron chi connectivity index (χ1n) is 11.0. The number of carbonyl (C=O) groups excluding carboxylic acids is 1. The molecule has 0 atom stereocenters. The van der Waals surface area contributed by atoms with Crippen molar-refractivity contribution in [1.29, 1.82) is 0 Å². The first-order chi connectivity index (χ1) is 15.9. The Bertz CT molecular complexity index is 1060. The van der Waals surface area contributed by atoms with Gasteiger partial charge in [0.2, 0.25) is 0 Å². The maximum Gasteiger partial charge on any atom is 0.250 e. The molecular formula is C26H30ClNO5. The summed E-state index contributed by atoms with van der Waals surface area (Å²) in [5, 5.41) is 0.443. The lowest BCUT2D eigenvalue weighted by molar-refractivity contribution is -0.123. The zero-order valence-electron chi connectivity index (χ0n) is 19.6. The molecule has 0 radical (unpaired) electrons. The van der Waals surface area contributed by atoms with Crippen molar-refractivity contribution in [2.45, 2.75) is 26.7 Å². The number of carbonyl (C=O) groups is 1. The molecule has 3 rings (SSSR count). The van der Waals surface area contributed by atoms with E-state index in [0.29, 0.717) is 59.9 Å². The standard InChI is InChI=1S/C26H30ClNO5/c1-6-12-33-26-21(27)13-18(14-24(26)32-7-2)8-9-25(29)28-11-10-19-15-22(30-4)23(31-5)16-20(19)17(28)3/h8-9,13-16H,3,6-7,10-12H2,1-2,4-5H3. The monoisotopic (exact) mass is 471 g/mol. The van der Waals surface area contributed by atoms with Crippen molar-refractivity contribution >= 4 is 29.3 Å². The van der Waals surface area contributed by atoms with Crippen LogP contribution in [0.4, 0.5) is 0 Å². The van der Waals surface area contributed by atoms with Gasteiger partial charge in [0.15, 0.2) is 23.0 Å². The molecule has 0 saturated heterocycles. The second-order valence-corrected chi connectivity index (χ2v) is 7.90. The van der Waals surface area contributed by atoms with Crippen molar-refractivity contribution in [2.24, 2.45) is 0 Å². The number of methoxy groups -OCH3 is 2. The van der Waals surface area contributed by atoms with Crippen LogP contribution in [0.5, 0.6) is 23.0 Å². The normalized spacial score (nSPS) is 13.1. The Morgan fingerprint density at radius 2 is 1.82 bits per heavy atom. The first kappa shape index (κ1) is 24.5. The van der Waals surface area contributed by atoms with E-state index in [-0.39, 0.29) is 5.91 Å². The van der Waals surface area contributed by atoms with Crippen molar-refractivity contribution < 1.29 is 23.7 Å². The third-order valence-corrected chi connectivity index (χ3v) is 5.60. The number of halogens is 1. The minimum atomic E-state index is -0.166. The summed E-state index contributed by atoms with van der Waals surface area (Å²) in [6.07, 6.45) is 4.79. The van der Waals surface area contributed by atoms with Crippen LogP contribution in [0.3, 0.4) is 0 Å². The molecule has 1 heterocycles. The molecule has 1 aliphatic rings. The zero-order chi connectivity index (χ0) is 24.0. The fourth-order valence-electron chi connectivity index (χ4n) is 3.70. The average Bonchev–Trinajstić information content (AvgIpc) is 2.81. The Labute approximate surface area is 200 Å². The molecule has 0 bridgehead atoms. The Balaban J connectivity index is 1.81. The largest absolute Gasteiger partial charge is 0.493 e. The smallest absolute Gasteiger partial charge is 0.250 e. The number of rotatable bonds is 9. The summed E-state index contributed by atoms with van der Waals surface area (Å²) in [4.78, 5) is 14.7. The van der Waals surface area contributed by atoms with Gasteiger partial charge in [-0.25, -0.2) is 0 Å². The molecule has 0 aromatic heterocycles. The minimum absolute atomic E-state index is 0.166. The minimum Gasteiger partial charge on any atom is -0.493 e. The number of nitrogens with zero attached hydrogens (tertiary/aromatic N) is 1. The number of benzene rings is 2. The lowest BCUT2D eigenvalue weighted by Gasteiger charge is -2.31. The van der Waals surface area contributed by atoms with Gasteiger partial charge in [-0.15, -0.1) is 0 Å². The summed E-state index contributed by atoms with van der Waals surface area (Å²) < 4.78 is 22.2. The van der Waals surface area contributed by atoms with Crippen LogP contribution in [0.15, 0.2) is 36.9 Å². The molecule has 33 heavy (non-hydrogen) atoms. The van der Waals surface area contributed by atoms with Crippen LogP contribution < -0.4 is 18.9 Å². The molecular weight excluding hydrogens is 442 g/mol. The number of fused-ring (bicyclic) bond motifs is 1. The Kier molecular flexibility index (Phi) is 8.28. The fourth-order valence-corrected chi connectivity index (χ4v) is 3.97. The van der Waals surface area contributed by atoms with E-state index >= 15 is 0 Å². The highest BCUT2D eigenvalue weighted by Gasteiger charge is 2.25. The quantitative estimate of drug-likeness (QED) is 0.445. The lowest BCUT2D eigenvalue weighted by atomic mass is 9.96. The predicted octanol–water partition coefficient (Wildman–Crippen LogP) is 5.61. The topological polar surface area (TPSA) is 57.2 Å². The molecule has 0 fully saturated rings. The van der Waals surface area contributed by atoms with E-state index in [4.69, 9.17) is 30.5 Å². The van der Waals surface area contributed by atoms with Gasteiger partial charge in [-0.05, 0) is 61.2 Å². The molecule has 0 spiro atoms. The van der Waals surface area contributed by atoms with E-state index in [1.807, 2.05) is 32.0 Å². The average molecular weight is 472 g/mol. The van der Waals surface area contributed by atoms with Crippen LogP contribution in [0, 0.1) is 0 Å². The van der Waals surface area contributed by atoms with Gasteiger partial charge in [0, 0.05) is 23.9 Å². The number of hydrogen-bond donors (Lipinski definition) is 0. The SMILES string of the molecule is C=C1c2cc(OC)c(OC)cc2CCN1C(=O)C=Cc1cc(Cl)c(OCCC)c(OCC)c1. The summed E-state index contributed by atoms with van der Waals surface area (Å²) in [7, 11) is 3.19. The van der Waals surface area contributed by atoms with Gasteiger partial charge in [-0.2, -0.15) is 0 Å². The summed E-state index contributed by atoms with van der Waals surface area (Å²) in [6.45, 7) is 9.62. The Morgan fingerprint density at radius 1 is 1.09 bits per heavy atom. The van der Waals surface area contributed by atoms with Crippen molar-refractivity contribution in [2.75, 3.05) is 34.0 Å². The van der Waals surface area contributed by atoms with Gasteiger partial charge in [0.1, 0.15) is 0 Å². The maximum absolute atomic E-state index is 13.0. The highest BCUT2D eigenvalue weighted by Crippen LogP contribution is 2.38.